The Labute approximate surface area is 122 Å². The Hall–Kier alpha value is -2.19. The zero-order chi connectivity index (χ0) is 14.5. The van der Waals surface area contributed by atoms with Crippen LogP contribution in [0.3, 0.4) is 0 Å². The van der Waals surface area contributed by atoms with Crippen molar-refractivity contribution in [3.8, 4) is 11.8 Å². The summed E-state index contributed by atoms with van der Waals surface area (Å²) in [5.74, 6) is 1.01. The van der Waals surface area contributed by atoms with Crippen LogP contribution in [-0.2, 0) is 4.74 Å². The molecule has 1 aliphatic heterocycles. The topological polar surface area (TPSA) is 91.3 Å². The minimum atomic E-state index is 0.284. The molecule has 1 saturated heterocycles. The summed E-state index contributed by atoms with van der Waals surface area (Å²) in [4.78, 5) is 14.7. The van der Waals surface area contributed by atoms with Gasteiger partial charge in [-0.3, -0.25) is 9.47 Å². The van der Waals surface area contributed by atoms with Crippen molar-refractivity contribution in [3.05, 3.63) is 24.8 Å². The lowest BCUT2D eigenvalue weighted by atomic mass is 10.4. The van der Waals surface area contributed by atoms with Crippen LogP contribution < -0.4 is 10.5 Å². The summed E-state index contributed by atoms with van der Waals surface area (Å²) < 4.78 is 12.7. The van der Waals surface area contributed by atoms with Crippen LogP contribution in [-0.4, -0.2) is 63.9 Å². The summed E-state index contributed by atoms with van der Waals surface area (Å²) in [6.07, 6.45) is 5.12. The smallest absolute Gasteiger partial charge is 0.320 e. The lowest BCUT2D eigenvalue weighted by Crippen LogP contribution is -2.38. The summed E-state index contributed by atoms with van der Waals surface area (Å²) in [6.45, 7) is 4.76. The van der Waals surface area contributed by atoms with Gasteiger partial charge in [0, 0.05) is 38.1 Å². The molecule has 2 N–H and O–H groups in total. The Bertz CT molecular complexity index is 568. The highest BCUT2D eigenvalue weighted by Gasteiger charge is 2.11. The molecule has 2 aromatic rings. The molecule has 8 heteroatoms. The molecule has 21 heavy (non-hydrogen) atoms. The molecule has 112 valence electrons. The third kappa shape index (κ3) is 3.67. The van der Waals surface area contributed by atoms with E-state index in [4.69, 9.17) is 15.2 Å². The Balaban J connectivity index is 1.60. The molecule has 0 bridgehead atoms. The number of ether oxygens (including phenoxy) is 2. The van der Waals surface area contributed by atoms with Crippen LogP contribution in [0, 0.1) is 0 Å². The van der Waals surface area contributed by atoms with Crippen molar-refractivity contribution in [2.24, 2.45) is 0 Å². The molecule has 1 fully saturated rings. The van der Waals surface area contributed by atoms with Crippen LogP contribution in [0.5, 0.6) is 6.01 Å². The maximum atomic E-state index is 5.79. The fraction of sp³-hybridized carbons (Fsp3) is 0.462. The highest BCUT2D eigenvalue weighted by molar-refractivity contribution is 5.38. The van der Waals surface area contributed by atoms with Crippen molar-refractivity contribution in [3.63, 3.8) is 0 Å². The number of anilines is 1. The Morgan fingerprint density at radius 2 is 2.14 bits per heavy atom. The van der Waals surface area contributed by atoms with Gasteiger partial charge in [0.25, 0.3) is 0 Å². The first-order chi connectivity index (χ1) is 10.3. The van der Waals surface area contributed by atoms with Crippen LogP contribution in [0.4, 0.5) is 5.82 Å². The van der Waals surface area contributed by atoms with Crippen molar-refractivity contribution in [2.75, 3.05) is 45.2 Å². The molecule has 0 atom stereocenters. The molecular weight excluding hydrogens is 272 g/mol. The normalized spacial score (nSPS) is 16.0. The molecular formula is C13H18N6O2. The van der Waals surface area contributed by atoms with Crippen LogP contribution >= 0.6 is 0 Å². The second-order valence-electron chi connectivity index (χ2n) is 4.71. The maximum absolute atomic E-state index is 5.79. The van der Waals surface area contributed by atoms with E-state index in [1.54, 1.807) is 29.4 Å². The molecule has 2 aromatic heterocycles. The van der Waals surface area contributed by atoms with E-state index in [2.05, 4.69) is 19.9 Å². The van der Waals surface area contributed by atoms with Crippen molar-refractivity contribution < 1.29 is 9.47 Å². The highest BCUT2D eigenvalue weighted by atomic mass is 16.5. The Morgan fingerprint density at radius 1 is 1.29 bits per heavy atom. The lowest BCUT2D eigenvalue weighted by molar-refractivity contribution is 0.0317. The standard InChI is InChI=1S/C13H18N6O2/c14-11-9-12(19-2-1-15-10-19)17-13(16-11)21-8-5-18-3-6-20-7-4-18/h1-2,9-10H,3-8H2,(H2,14,16,17). The molecule has 0 spiro atoms. The van der Waals surface area contributed by atoms with E-state index >= 15 is 0 Å². The van der Waals surface area contributed by atoms with Gasteiger partial charge < -0.3 is 15.2 Å². The number of nitrogen functional groups attached to an aromatic ring is 1. The van der Waals surface area contributed by atoms with Crippen LogP contribution in [0.1, 0.15) is 0 Å². The first-order valence-electron chi connectivity index (χ1n) is 6.87. The molecule has 0 radical (unpaired) electrons. The van der Waals surface area contributed by atoms with Gasteiger partial charge in [-0.15, -0.1) is 0 Å². The molecule has 0 aliphatic carbocycles. The minimum absolute atomic E-state index is 0.284. The largest absolute Gasteiger partial charge is 0.462 e. The lowest BCUT2D eigenvalue weighted by Gasteiger charge is -2.26. The van der Waals surface area contributed by atoms with Gasteiger partial charge in [-0.25, -0.2) is 4.98 Å². The summed E-state index contributed by atoms with van der Waals surface area (Å²) in [5, 5.41) is 0. The Kier molecular flexibility index (Phi) is 4.27. The van der Waals surface area contributed by atoms with Crippen molar-refractivity contribution >= 4 is 5.82 Å². The highest BCUT2D eigenvalue weighted by Crippen LogP contribution is 2.12. The molecule has 0 saturated carbocycles. The average molecular weight is 290 g/mol. The average Bonchev–Trinajstić information content (AvgIpc) is 3.02. The van der Waals surface area contributed by atoms with Gasteiger partial charge in [0.15, 0.2) is 0 Å². The Morgan fingerprint density at radius 3 is 2.90 bits per heavy atom. The van der Waals surface area contributed by atoms with E-state index in [1.807, 2.05) is 0 Å². The van der Waals surface area contributed by atoms with E-state index in [9.17, 15) is 0 Å². The predicted octanol–water partition coefficient (Wildman–Crippen LogP) is -0.0445. The van der Waals surface area contributed by atoms with Gasteiger partial charge in [-0.05, 0) is 0 Å². The first kappa shape index (κ1) is 13.8. The SMILES string of the molecule is Nc1cc(-n2ccnc2)nc(OCCN2CCOCC2)n1. The molecule has 1 aliphatic rings. The van der Waals surface area contributed by atoms with Gasteiger partial charge in [-0.1, -0.05) is 0 Å². The zero-order valence-electron chi connectivity index (χ0n) is 11.7. The van der Waals surface area contributed by atoms with Crippen LogP contribution in [0.2, 0.25) is 0 Å². The zero-order valence-corrected chi connectivity index (χ0v) is 11.7. The summed E-state index contributed by atoms with van der Waals surface area (Å²) in [5.41, 5.74) is 5.79. The second-order valence-corrected chi connectivity index (χ2v) is 4.71. The number of aromatic nitrogens is 4. The fourth-order valence-electron chi connectivity index (χ4n) is 2.11. The summed E-state index contributed by atoms with van der Waals surface area (Å²) in [6, 6.07) is 1.96. The number of nitrogens with two attached hydrogens (primary N) is 1. The fourth-order valence-corrected chi connectivity index (χ4v) is 2.11. The number of imidazole rings is 1. The molecule has 0 unspecified atom stereocenters. The van der Waals surface area contributed by atoms with Crippen LogP contribution in [0.25, 0.3) is 5.82 Å². The second kappa shape index (κ2) is 6.51. The monoisotopic (exact) mass is 290 g/mol. The molecule has 0 aromatic carbocycles. The van der Waals surface area contributed by atoms with Crippen LogP contribution in [0.15, 0.2) is 24.8 Å². The number of nitrogens with zero attached hydrogens (tertiary/aromatic N) is 5. The third-order valence-corrected chi connectivity index (χ3v) is 3.22. The van der Waals surface area contributed by atoms with Gasteiger partial charge >= 0.3 is 6.01 Å². The minimum Gasteiger partial charge on any atom is -0.462 e. The first-order valence-corrected chi connectivity index (χ1v) is 6.87. The third-order valence-electron chi connectivity index (χ3n) is 3.22. The molecule has 3 heterocycles. The van der Waals surface area contributed by atoms with Crippen molar-refractivity contribution in [1.82, 2.24) is 24.4 Å². The molecule has 8 nitrogen and oxygen atoms in total. The maximum Gasteiger partial charge on any atom is 0.320 e. The van der Waals surface area contributed by atoms with Crippen molar-refractivity contribution in [2.45, 2.75) is 0 Å². The van der Waals surface area contributed by atoms with Gasteiger partial charge in [-0.2, -0.15) is 9.97 Å². The summed E-state index contributed by atoms with van der Waals surface area (Å²) >= 11 is 0. The van der Waals surface area contributed by atoms with E-state index in [0.717, 1.165) is 32.8 Å². The molecule has 3 rings (SSSR count). The van der Waals surface area contributed by atoms with Crippen molar-refractivity contribution in [1.29, 1.82) is 0 Å². The van der Waals surface area contributed by atoms with E-state index in [1.165, 1.54) is 0 Å². The summed E-state index contributed by atoms with van der Waals surface area (Å²) in [7, 11) is 0. The predicted molar refractivity (Wildman–Crippen MR) is 76.3 cm³/mol. The van der Waals surface area contributed by atoms with Gasteiger partial charge in [0.2, 0.25) is 0 Å². The van der Waals surface area contributed by atoms with Gasteiger partial charge in [0.1, 0.15) is 24.6 Å². The molecule has 0 amide bonds. The number of hydrogen-bond acceptors (Lipinski definition) is 7. The number of hydrogen-bond donors (Lipinski definition) is 1. The number of morpholine rings is 1. The van der Waals surface area contributed by atoms with E-state index < -0.39 is 0 Å². The van der Waals surface area contributed by atoms with E-state index in [0.29, 0.717) is 18.2 Å². The van der Waals surface area contributed by atoms with E-state index in [-0.39, 0.29) is 6.01 Å². The number of rotatable bonds is 5. The quantitative estimate of drug-likeness (QED) is 0.825. The van der Waals surface area contributed by atoms with Gasteiger partial charge in [0.05, 0.1) is 13.2 Å².